The van der Waals surface area contributed by atoms with Gasteiger partial charge in [0.2, 0.25) is 0 Å². The molecule has 0 radical (unpaired) electrons. The molecule has 18 heavy (non-hydrogen) atoms. The van der Waals surface area contributed by atoms with Crippen molar-refractivity contribution in [3.63, 3.8) is 0 Å². The van der Waals surface area contributed by atoms with E-state index in [1.807, 2.05) is 0 Å². The van der Waals surface area contributed by atoms with Crippen molar-refractivity contribution in [2.24, 2.45) is 5.73 Å². The molecule has 1 aromatic carbocycles. The van der Waals surface area contributed by atoms with Crippen molar-refractivity contribution < 1.29 is 4.74 Å². The third-order valence-corrected chi connectivity index (χ3v) is 4.31. The largest absolute Gasteiger partial charge is 0.378 e. The first-order valence-corrected chi connectivity index (χ1v) is 7.00. The van der Waals surface area contributed by atoms with Crippen LogP contribution in [0.2, 0.25) is 0 Å². The molecule has 1 saturated carbocycles. The van der Waals surface area contributed by atoms with Crippen LogP contribution in [0.5, 0.6) is 0 Å². The van der Waals surface area contributed by atoms with E-state index in [4.69, 9.17) is 10.5 Å². The van der Waals surface area contributed by atoms with Crippen molar-refractivity contribution in [1.82, 2.24) is 0 Å². The average Bonchev–Trinajstić information content (AvgIpc) is 2.88. The summed E-state index contributed by atoms with van der Waals surface area (Å²) in [6.07, 6.45) is 4.79. The highest BCUT2D eigenvalue weighted by Crippen LogP contribution is 2.36. The lowest BCUT2D eigenvalue weighted by Crippen LogP contribution is -2.36. The van der Waals surface area contributed by atoms with Gasteiger partial charge in [-0.2, -0.15) is 0 Å². The monoisotopic (exact) mass is 246 g/mol. The summed E-state index contributed by atoms with van der Waals surface area (Å²) in [7, 11) is 0. The maximum absolute atomic E-state index is 6.48. The quantitative estimate of drug-likeness (QED) is 0.870. The van der Waals surface area contributed by atoms with Gasteiger partial charge in [0.05, 0.1) is 13.2 Å². The van der Waals surface area contributed by atoms with Gasteiger partial charge in [-0.3, -0.25) is 0 Å². The van der Waals surface area contributed by atoms with E-state index in [-0.39, 0.29) is 5.54 Å². The smallest absolute Gasteiger partial charge is 0.0642 e. The number of rotatable bonds is 2. The topological polar surface area (TPSA) is 38.5 Å². The van der Waals surface area contributed by atoms with Crippen molar-refractivity contribution in [2.75, 3.05) is 31.2 Å². The van der Waals surface area contributed by atoms with Crippen molar-refractivity contribution >= 4 is 5.69 Å². The Morgan fingerprint density at radius 1 is 1.00 bits per heavy atom. The highest BCUT2D eigenvalue weighted by atomic mass is 16.5. The fourth-order valence-electron chi connectivity index (χ4n) is 3.12. The predicted molar refractivity (Wildman–Crippen MR) is 73.8 cm³/mol. The van der Waals surface area contributed by atoms with Gasteiger partial charge in [0, 0.05) is 24.3 Å². The van der Waals surface area contributed by atoms with Gasteiger partial charge in [0.25, 0.3) is 0 Å². The van der Waals surface area contributed by atoms with E-state index in [1.54, 1.807) is 0 Å². The summed E-state index contributed by atoms with van der Waals surface area (Å²) in [4.78, 5) is 2.38. The molecule has 3 heteroatoms. The number of benzene rings is 1. The van der Waals surface area contributed by atoms with Gasteiger partial charge in [-0.15, -0.1) is 0 Å². The second-order valence-corrected chi connectivity index (χ2v) is 5.51. The standard InChI is InChI=1S/C15H22N2O/c16-15(7-1-2-8-15)13-3-5-14(6-4-13)17-9-11-18-12-10-17/h3-6H,1-2,7-12,16H2. The molecule has 0 amide bonds. The number of nitrogens with zero attached hydrogens (tertiary/aromatic N) is 1. The van der Waals surface area contributed by atoms with Crippen LogP contribution in [0.1, 0.15) is 31.2 Å². The summed E-state index contributed by atoms with van der Waals surface area (Å²) in [5.74, 6) is 0. The highest BCUT2D eigenvalue weighted by molar-refractivity contribution is 5.49. The molecule has 0 unspecified atom stereocenters. The van der Waals surface area contributed by atoms with E-state index in [0.29, 0.717) is 0 Å². The average molecular weight is 246 g/mol. The molecule has 2 N–H and O–H groups in total. The molecular weight excluding hydrogens is 224 g/mol. The van der Waals surface area contributed by atoms with Gasteiger partial charge in [0.15, 0.2) is 0 Å². The van der Waals surface area contributed by atoms with Gasteiger partial charge in [-0.05, 0) is 30.5 Å². The van der Waals surface area contributed by atoms with E-state index in [9.17, 15) is 0 Å². The molecule has 3 rings (SSSR count). The van der Waals surface area contributed by atoms with Crippen LogP contribution >= 0.6 is 0 Å². The molecule has 1 aliphatic heterocycles. The van der Waals surface area contributed by atoms with Crippen LogP contribution in [0, 0.1) is 0 Å². The molecular formula is C15H22N2O. The molecule has 2 fully saturated rings. The van der Waals surface area contributed by atoms with Crippen LogP contribution in [0.3, 0.4) is 0 Å². The Labute approximate surface area is 109 Å². The van der Waals surface area contributed by atoms with Crippen molar-refractivity contribution in [1.29, 1.82) is 0 Å². The number of ether oxygens (including phenoxy) is 1. The van der Waals surface area contributed by atoms with Gasteiger partial charge < -0.3 is 15.4 Å². The lowest BCUT2D eigenvalue weighted by atomic mass is 9.89. The molecule has 3 nitrogen and oxygen atoms in total. The fourth-order valence-corrected chi connectivity index (χ4v) is 3.12. The number of hydrogen-bond donors (Lipinski definition) is 1. The van der Waals surface area contributed by atoms with E-state index in [0.717, 1.165) is 39.1 Å². The molecule has 0 atom stereocenters. The number of nitrogens with two attached hydrogens (primary N) is 1. The lowest BCUT2D eigenvalue weighted by molar-refractivity contribution is 0.122. The molecule has 1 aliphatic carbocycles. The normalized spacial score (nSPS) is 23.3. The summed E-state index contributed by atoms with van der Waals surface area (Å²) < 4.78 is 5.38. The van der Waals surface area contributed by atoms with Crippen LogP contribution < -0.4 is 10.6 Å². The van der Waals surface area contributed by atoms with Crippen LogP contribution in [0.15, 0.2) is 24.3 Å². The third-order valence-electron chi connectivity index (χ3n) is 4.31. The first-order chi connectivity index (χ1) is 8.78. The first kappa shape index (κ1) is 12.0. The van der Waals surface area contributed by atoms with Crippen LogP contribution in [-0.4, -0.2) is 26.3 Å². The second kappa shape index (κ2) is 4.90. The van der Waals surface area contributed by atoms with E-state index < -0.39 is 0 Å². The summed E-state index contributed by atoms with van der Waals surface area (Å²) in [6, 6.07) is 8.87. The number of morpholine rings is 1. The zero-order valence-corrected chi connectivity index (χ0v) is 10.9. The second-order valence-electron chi connectivity index (χ2n) is 5.51. The lowest BCUT2D eigenvalue weighted by Gasteiger charge is -2.30. The van der Waals surface area contributed by atoms with Crippen LogP contribution in [0.4, 0.5) is 5.69 Å². The molecule has 0 bridgehead atoms. The van der Waals surface area contributed by atoms with Gasteiger partial charge in [0.1, 0.15) is 0 Å². The Kier molecular flexibility index (Phi) is 3.27. The Morgan fingerprint density at radius 2 is 1.61 bits per heavy atom. The molecule has 1 saturated heterocycles. The summed E-state index contributed by atoms with van der Waals surface area (Å²) >= 11 is 0. The predicted octanol–water partition coefficient (Wildman–Crippen LogP) is 2.25. The Balaban J connectivity index is 1.76. The van der Waals surface area contributed by atoms with Crippen molar-refractivity contribution in [2.45, 2.75) is 31.2 Å². The minimum Gasteiger partial charge on any atom is -0.378 e. The van der Waals surface area contributed by atoms with E-state index in [2.05, 4.69) is 29.2 Å². The Bertz CT molecular complexity index is 389. The SMILES string of the molecule is NC1(c2ccc(N3CCOCC3)cc2)CCCC1. The zero-order valence-electron chi connectivity index (χ0n) is 10.9. The summed E-state index contributed by atoms with van der Waals surface area (Å²) in [5, 5.41) is 0. The first-order valence-electron chi connectivity index (χ1n) is 7.00. The van der Waals surface area contributed by atoms with Crippen molar-refractivity contribution in [3.05, 3.63) is 29.8 Å². The fraction of sp³-hybridized carbons (Fsp3) is 0.600. The summed E-state index contributed by atoms with van der Waals surface area (Å²) in [6.45, 7) is 3.66. The molecule has 1 heterocycles. The third kappa shape index (κ3) is 2.25. The van der Waals surface area contributed by atoms with E-state index in [1.165, 1.54) is 24.1 Å². The molecule has 0 spiro atoms. The molecule has 1 aromatic rings. The van der Waals surface area contributed by atoms with Gasteiger partial charge in [-0.25, -0.2) is 0 Å². The number of anilines is 1. The van der Waals surface area contributed by atoms with E-state index >= 15 is 0 Å². The van der Waals surface area contributed by atoms with Gasteiger partial charge >= 0.3 is 0 Å². The highest BCUT2D eigenvalue weighted by Gasteiger charge is 2.31. The minimum absolute atomic E-state index is 0.0659. The zero-order chi connectivity index (χ0) is 12.4. The molecule has 2 aliphatic rings. The van der Waals surface area contributed by atoms with Crippen LogP contribution in [0.25, 0.3) is 0 Å². The number of hydrogen-bond acceptors (Lipinski definition) is 3. The maximum Gasteiger partial charge on any atom is 0.0642 e. The molecule has 0 aromatic heterocycles. The van der Waals surface area contributed by atoms with Gasteiger partial charge in [-0.1, -0.05) is 25.0 Å². The Morgan fingerprint density at radius 3 is 2.22 bits per heavy atom. The van der Waals surface area contributed by atoms with Crippen molar-refractivity contribution in [3.8, 4) is 0 Å². The molecule has 98 valence electrons. The van der Waals surface area contributed by atoms with Crippen LogP contribution in [-0.2, 0) is 10.3 Å². The maximum atomic E-state index is 6.48. The minimum atomic E-state index is -0.0659. The Hall–Kier alpha value is -1.06. The summed E-state index contributed by atoms with van der Waals surface area (Å²) in [5.41, 5.74) is 9.01.